The molecule has 1 saturated heterocycles. The van der Waals surface area contributed by atoms with E-state index in [-0.39, 0.29) is 5.41 Å². The first-order valence-electron chi connectivity index (χ1n) is 13.7. The number of imidazole rings is 1. The van der Waals surface area contributed by atoms with Gasteiger partial charge in [0.2, 0.25) is 0 Å². The van der Waals surface area contributed by atoms with Gasteiger partial charge in [-0.25, -0.2) is 4.98 Å². The second-order valence-electron chi connectivity index (χ2n) is 11.5. The van der Waals surface area contributed by atoms with Gasteiger partial charge in [-0.1, -0.05) is 73.7 Å². The van der Waals surface area contributed by atoms with Gasteiger partial charge in [0.15, 0.2) is 0 Å². The average molecular weight is 474 g/mol. The van der Waals surface area contributed by atoms with Crippen molar-refractivity contribution in [2.45, 2.75) is 56.9 Å². The Kier molecular flexibility index (Phi) is 5.18. The zero-order valence-electron chi connectivity index (χ0n) is 21.4. The topological polar surface area (TPSA) is 31.9 Å². The lowest BCUT2D eigenvalue weighted by atomic mass is 9.68. The number of H-pyrrole nitrogens is 1. The Hall–Kier alpha value is -3.17. The van der Waals surface area contributed by atoms with Gasteiger partial charge >= 0.3 is 0 Å². The fraction of sp³-hybridized carbons (Fsp3) is 0.364. The molecule has 0 amide bonds. The molecule has 1 saturated carbocycles. The molecule has 3 heteroatoms. The predicted molar refractivity (Wildman–Crippen MR) is 149 cm³/mol. The molecule has 2 aliphatic carbocycles. The maximum absolute atomic E-state index is 4.81. The van der Waals surface area contributed by atoms with Crippen LogP contribution in [0.3, 0.4) is 0 Å². The number of likely N-dealkylation sites (tertiary alicyclic amines) is 1. The zero-order valence-corrected chi connectivity index (χ0v) is 21.4. The average Bonchev–Trinajstić information content (AvgIpc) is 3.64. The van der Waals surface area contributed by atoms with Crippen molar-refractivity contribution in [3.05, 3.63) is 95.1 Å². The second kappa shape index (κ2) is 8.45. The monoisotopic (exact) mass is 473 g/mol. The summed E-state index contributed by atoms with van der Waals surface area (Å²) in [6.07, 6.45) is 10.0. The Morgan fingerprint density at radius 2 is 1.86 bits per heavy atom. The minimum atomic E-state index is 0.246. The van der Waals surface area contributed by atoms with Gasteiger partial charge < -0.3 is 9.88 Å². The van der Waals surface area contributed by atoms with Gasteiger partial charge in [0.05, 0.1) is 11.0 Å². The fourth-order valence-corrected chi connectivity index (χ4v) is 7.32. The minimum Gasteiger partial charge on any atom is -0.338 e. The van der Waals surface area contributed by atoms with Crippen molar-refractivity contribution >= 4 is 17.1 Å². The maximum atomic E-state index is 4.81. The summed E-state index contributed by atoms with van der Waals surface area (Å²) in [5.74, 6) is 2.28. The van der Waals surface area contributed by atoms with Crippen molar-refractivity contribution in [2.24, 2.45) is 5.92 Å². The highest BCUT2D eigenvalue weighted by molar-refractivity contribution is 5.80. The predicted octanol–water partition coefficient (Wildman–Crippen LogP) is 7.48. The van der Waals surface area contributed by atoms with Crippen LogP contribution in [-0.4, -0.2) is 34.0 Å². The molecule has 0 radical (unpaired) electrons. The summed E-state index contributed by atoms with van der Waals surface area (Å²) in [5, 5.41) is 0. The zero-order chi connectivity index (χ0) is 24.3. The van der Waals surface area contributed by atoms with E-state index < -0.39 is 0 Å². The summed E-state index contributed by atoms with van der Waals surface area (Å²) in [6, 6.07) is 25.3. The largest absolute Gasteiger partial charge is 0.338 e. The van der Waals surface area contributed by atoms with Crippen molar-refractivity contribution in [3.63, 3.8) is 0 Å². The van der Waals surface area contributed by atoms with Crippen LogP contribution in [0, 0.1) is 12.8 Å². The van der Waals surface area contributed by atoms with E-state index in [0.29, 0.717) is 17.9 Å². The summed E-state index contributed by atoms with van der Waals surface area (Å²) in [7, 11) is 0. The number of hydrogen-bond acceptors (Lipinski definition) is 2. The Morgan fingerprint density at radius 1 is 1.00 bits per heavy atom. The molecule has 4 unspecified atom stereocenters. The molecule has 4 aromatic rings. The van der Waals surface area contributed by atoms with Gasteiger partial charge in [-0.2, -0.15) is 0 Å². The summed E-state index contributed by atoms with van der Waals surface area (Å²) in [6.45, 7) is 7.02. The van der Waals surface area contributed by atoms with E-state index in [1.807, 2.05) is 0 Å². The number of aryl methyl sites for hydroxylation is 1. The van der Waals surface area contributed by atoms with Crippen molar-refractivity contribution in [2.75, 3.05) is 13.1 Å². The number of aromatic amines is 1. The van der Waals surface area contributed by atoms with Crippen LogP contribution in [-0.2, 0) is 5.41 Å². The molecule has 3 aliphatic rings. The lowest BCUT2D eigenvalue weighted by Crippen LogP contribution is -2.50. The third kappa shape index (κ3) is 3.56. The van der Waals surface area contributed by atoms with E-state index in [9.17, 15) is 0 Å². The van der Waals surface area contributed by atoms with Gasteiger partial charge in [0, 0.05) is 23.6 Å². The van der Waals surface area contributed by atoms with E-state index in [1.165, 1.54) is 61.0 Å². The standard InChI is InChI=1S/C33H35N3/c1-22-7-14-30-31(19-22)35-32(34-30)26-10-8-24(9-11-26)27-12-13-28(20-27)36-18-17-33(23(2)21-36)16-15-25-5-3-4-6-29(25)33/h3-11,14-16,19,23,27-28H,12-13,17-18,20-21H2,1-2H3,(H,34,35). The normalized spacial score (nSPS) is 27.8. The summed E-state index contributed by atoms with van der Waals surface area (Å²) < 4.78 is 0. The van der Waals surface area contributed by atoms with E-state index in [0.717, 1.165) is 16.9 Å². The molecule has 3 nitrogen and oxygen atoms in total. The highest BCUT2D eigenvalue weighted by Crippen LogP contribution is 2.48. The molecule has 1 aromatic heterocycles. The first-order valence-corrected chi connectivity index (χ1v) is 13.7. The molecular weight excluding hydrogens is 438 g/mol. The number of allylic oxidation sites excluding steroid dienone is 1. The lowest BCUT2D eigenvalue weighted by Gasteiger charge is -2.46. The van der Waals surface area contributed by atoms with Gasteiger partial charge in [-0.15, -0.1) is 0 Å². The van der Waals surface area contributed by atoms with Gasteiger partial charge in [0.25, 0.3) is 0 Å². The van der Waals surface area contributed by atoms with Crippen molar-refractivity contribution in [1.29, 1.82) is 0 Å². The number of rotatable bonds is 3. The number of nitrogens with zero attached hydrogens (tertiary/aromatic N) is 2. The molecule has 1 N–H and O–H groups in total. The maximum Gasteiger partial charge on any atom is 0.138 e. The van der Waals surface area contributed by atoms with Crippen LogP contribution in [0.15, 0.2) is 72.8 Å². The van der Waals surface area contributed by atoms with Gasteiger partial charge in [0.1, 0.15) is 5.82 Å². The number of nitrogens with one attached hydrogen (secondary N) is 1. The first kappa shape index (κ1) is 22.1. The van der Waals surface area contributed by atoms with Crippen LogP contribution in [0.2, 0.25) is 0 Å². The van der Waals surface area contributed by atoms with E-state index in [4.69, 9.17) is 4.98 Å². The third-order valence-electron chi connectivity index (χ3n) is 9.44. The van der Waals surface area contributed by atoms with Crippen LogP contribution in [0.4, 0.5) is 0 Å². The Labute approximate surface area is 214 Å². The number of hydrogen-bond donors (Lipinski definition) is 1. The fourth-order valence-electron chi connectivity index (χ4n) is 7.32. The molecule has 2 fully saturated rings. The lowest BCUT2D eigenvalue weighted by molar-refractivity contribution is 0.0898. The molecule has 182 valence electrons. The highest BCUT2D eigenvalue weighted by atomic mass is 15.2. The Morgan fingerprint density at radius 3 is 2.72 bits per heavy atom. The molecule has 2 heterocycles. The highest BCUT2D eigenvalue weighted by Gasteiger charge is 2.45. The third-order valence-corrected chi connectivity index (χ3v) is 9.44. The molecule has 36 heavy (non-hydrogen) atoms. The Bertz CT molecular complexity index is 1450. The Balaban J connectivity index is 1.03. The van der Waals surface area contributed by atoms with Crippen LogP contribution in [0.1, 0.15) is 60.8 Å². The molecule has 4 atom stereocenters. The molecule has 1 spiro atoms. The molecule has 3 aromatic carbocycles. The number of piperidine rings is 1. The molecule has 0 bridgehead atoms. The summed E-state index contributed by atoms with van der Waals surface area (Å²) in [5.41, 5.74) is 9.29. The summed E-state index contributed by atoms with van der Waals surface area (Å²) >= 11 is 0. The summed E-state index contributed by atoms with van der Waals surface area (Å²) in [4.78, 5) is 11.1. The molecule has 7 rings (SSSR count). The van der Waals surface area contributed by atoms with Crippen LogP contribution >= 0.6 is 0 Å². The van der Waals surface area contributed by atoms with Crippen molar-refractivity contribution < 1.29 is 0 Å². The number of benzene rings is 3. The smallest absolute Gasteiger partial charge is 0.138 e. The van der Waals surface area contributed by atoms with Crippen molar-refractivity contribution in [1.82, 2.24) is 14.9 Å². The van der Waals surface area contributed by atoms with Gasteiger partial charge in [-0.3, -0.25) is 0 Å². The molecule has 1 aliphatic heterocycles. The van der Waals surface area contributed by atoms with E-state index in [2.05, 4.69) is 103 Å². The quantitative estimate of drug-likeness (QED) is 0.334. The second-order valence-corrected chi connectivity index (χ2v) is 11.5. The van der Waals surface area contributed by atoms with Crippen LogP contribution < -0.4 is 0 Å². The number of aromatic nitrogens is 2. The van der Waals surface area contributed by atoms with Gasteiger partial charge in [-0.05, 0) is 85.4 Å². The SMILES string of the molecule is Cc1ccc2nc(-c3ccc(C4CCC(N5CCC6(C=Cc7ccccc76)C(C)C5)C4)cc3)[nH]c2c1. The van der Waals surface area contributed by atoms with Crippen LogP contribution in [0.5, 0.6) is 0 Å². The minimum absolute atomic E-state index is 0.246. The first-order chi connectivity index (χ1) is 17.6. The molecular formula is C33H35N3. The van der Waals surface area contributed by atoms with E-state index >= 15 is 0 Å². The van der Waals surface area contributed by atoms with E-state index in [1.54, 1.807) is 5.56 Å². The van der Waals surface area contributed by atoms with Crippen LogP contribution in [0.25, 0.3) is 28.5 Å². The number of fused-ring (bicyclic) bond motifs is 3. The van der Waals surface area contributed by atoms with Crippen molar-refractivity contribution in [3.8, 4) is 11.4 Å².